The molecular weight excluding hydrogens is 378 g/mol. The van der Waals surface area contributed by atoms with E-state index in [2.05, 4.69) is 62.3 Å². The molecule has 0 spiro atoms. The van der Waals surface area contributed by atoms with Crippen LogP contribution in [0.1, 0.15) is 79.9 Å². The number of hydrogen-bond acceptors (Lipinski definition) is 3. The highest BCUT2D eigenvalue weighted by Gasteiger charge is 2.23. The van der Waals surface area contributed by atoms with Crippen molar-refractivity contribution in [2.75, 3.05) is 0 Å². The zero-order valence-electron chi connectivity index (χ0n) is 17.9. The van der Waals surface area contributed by atoms with E-state index < -0.39 is 0 Å². The minimum absolute atomic E-state index is 0.0387. The van der Waals surface area contributed by atoms with Gasteiger partial charge in [-0.1, -0.05) is 52.0 Å². The van der Waals surface area contributed by atoms with Crippen molar-refractivity contribution in [1.82, 2.24) is 9.97 Å². The number of thiophene rings is 1. The molecule has 4 rings (SSSR count). The van der Waals surface area contributed by atoms with Gasteiger partial charge in [-0.25, -0.2) is 4.98 Å². The predicted octanol–water partition coefficient (Wildman–Crippen LogP) is 4.45. The van der Waals surface area contributed by atoms with E-state index in [1.807, 2.05) is 0 Å². The van der Waals surface area contributed by atoms with Crippen molar-refractivity contribution in [3.05, 3.63) is 62.0 Å². The lowest BCUT2D eigenvalue weighted by molar-refractivity contribution is -0.718. The molecule has 1 aliphatic carbocycles. The third-order valence-electron chi connectivity index (χ3n) is 6.41. The van der Waals surface area contributed by atoms with Gasteiger partial charge < -0.3 is 10.3 Å². The van der Waals surface area contributed by atoms with Gasteiger partial charge in [0, 0.05) is 16.4 Å². The smallest absolute Gasteiger partial charge is 0.260 e. The fourth-order valence-electron chi connectivity index (χ4n) is 4.46. The molecule has 29 heavy (non-hydrogen) atoms. The first-order valence-corrected chi connectivity index (χ1v) is 11.8. The van der Waals surface area contributed by atoms with Gasteiger partial charge in [-0.3, -0.25) is 4.79 Å². The van der Waals surface area contributed by atoms with E-state index in [-0.39, 0.29) is 5.56 Å². The van der Waals surface area contributed by atoms with Crippen molar-refractivity contribution >= 4 is 21.6 Å². The summed E-state index contributed by atoms with van der Waals surface area (Å²) in [4.78, 5) is 22.8. The number of aryl methyl sites for hydroxylation is 2. The number of nitrogens with two attached hydrogens (primary N) is 1. The van der Waals surface area contributed by atoms with Crippen LogP contribution < -0.4 is 10.9 Å². The summed E-state index contributed by atoms with van der Waals surface area (Å²) >= 11 is 1.71. The molecule has 154 valence electrons. The van der Waals surface area contributed by atoms with Crippen LogP contribution in [-0.2, 0) is 19.4 Å². The number of hydrogen-bond donors (Lipinski definition) is 2. The van der Waals surface area contributed by atoms with Gasteiger partial charge >= 0.3 is 0 Å². The maximum atomic E-state index is 12.7. The number of nitrogens with one attached hydrogen (secondary N) is 1. The van der Waals surface area contributed by atoms with Crippen molar-refractivity contribution < 1.29 is 5.32 Å². The molecule has 0 aliphatic heterocycles. The predicted molar refractivity (Wildman–Crippen MR) is 121 cm³/mol. The van der Waals surface area contributed by atoms with Crippen LogP contribution in [0, 0.1) is 5.92 Å². The Morgan fingerprint density at radius 2 is 1.86 bits per heavy atom. The Bertz CT molecular complexity index is 1050. The van der Waals surface area contributed by atoms with Crippen LogP contribution in [0.25, 0.3) is 10.2 Å². The number of aromatic amines is 1. The molecule has 2 aromatic heterocycles. The zero-order chi connectivity index (χ0) is 20.5. The van der Waals surface area contributed by atoms with E-state index in [4.69, 9.17) is 4.98 Å². The van der Waals surface area contributed by atoms with Crippen LogP contribution in [0.2, 0.25) is 0 Å². The van der Waals surface area contributed by atoms with Crippen LogP contribution in [0.3, 0.4) is 0 Å². The molecule has 1 aliphatic rings. The van der Waals surface area contributed by atoms with Crippen LogP contribution in [0.5, 0.6) is 0 Å². The number of rotatable bonds is 7. The number of benzene rings is 1. The SMILES string of the molecule is CC[C@@H](C)c1ccc([C@H]([NH2+]Cc2nc3sc4c(c3c(=O)[nH]2)CCC4)C(C)C)cc1. The molecule has 0 amide bonds. The van der Waals surface area contributed by atoms with E-state index in [9.17, 15) is 4.79 Å². The van der Waals surface area contributed by atoms with Gasteiger partial charge in [0.15, 0.2) is 5.82 Å². The number of H-pyrrole nitrogens is 1. The molecule has 0 unspecified atom stereocenters. The Morgan fingerprint density at radius 1 is 1.14 bits per heavy atom. The molecule has 0 saturated heterocycles. The average Bonchev–Trinajstić information content (AvgIpc) is 3.28. The summed E-state index contributed by atoms with van der Waals surface area (Å²) in [6.07, 6.45) is 4.44. The number of aromatic nitrogens is 2. The van der Waals surface area contributed by atoms with Gasteiger partial charge in [0.25, 0.3) is 5.56 Å². The normalized spacial score (nSPS) is 15.8. The largest absolute Gasteiger partial charge is 0.334 e. The van der Waals surface area contributed by atoms with E-state index in [1.165, 1.54) is 21.6 Å². The van der Waals surface area contributed by atoms with Crippen LogP contribution in [0.4, 0.5) is 0 Å². The molecule has 0 saturated carbocycles. The molecule has 0 radical (unpaired) electrons. The topological polar surface area (TPSA) is 62.4 Å². The first-order chi connectivity index (χ1) is 14.0. The minimum atomic E-state index is 0.0387. The van der Waals surface area contributed by atoms with Crippen LogP contribution in [0.15, 0.2) is 29.1 Å². The second kappa shape index (κ2) is 8.41. The van der Waals surface area contributed by atoms with E-state index >= 15 is 0 Å². The van der Waals surface area contributed by atoms with E-state index in [0.29, 0.717) is 24.4 Å². The van der Waals surface area contributed by atoms with Crippen molar-refractivity contribution in [2.45, 2.75) is 71.9 Å². The fourth-order valence-corrected chi connectivity index (χ4v) is 5.74. The third kappa shape index (κ3) is 4.03. The lowest BCUT2D eigenvalue weighted by Crippen LogP contribution is -2.85. The zero-order valence-corrected chi connectivity index (χ0v) is 18.7. The Kier molecular flexibility index (Phi) is 5.88. The Balaban J connectivity index is 1.53. The highest BCUT2D eigenvalue weighted by Crippen LogP contribution is 2.34. The van der Waals surface area contributed by atoms with Gasteiger partial charge in [0.2, 0.25) is 0 Å². The van der Waals surface area contributed by atoms with Crippen molar-refractivity contribution in [1.29, 1.82) is 0 Å². The molecule has 3 N–H and O–H groups in total. The lowest BCUT2D eigenvalue weighted by Gasteiger charge is -2.20. The monoisotopic (exact) mass is 410 g/mol. The van der Waals surface area contributed by atoms with Crippen molar-refractivity contribution in [2.24, 2.45) is 5.92 Å². The van der Waals surface area contributed by atoms with Crippen molar-refractivity contribution in [3.63, 3.8) is 0 Å². The number of fused-ring (bicyclic) bond motifs is 3. The minimum Gasteiger partial charge on any atom is -0.334 e. The summed E-state index contributed by atoms with van der Waals surface area (Å²) in [6, 6.07) is 9.42. The Morgan fingerprint density at radius 3 is 2.55 bits per heavy atom. The maximum Gasteiger partial charge on any atom is 0.260 e. The molecule has 0 bridgehead atoms. The molecule has 0 fully saturated rings. The van der Waals surface area contributed by atoms with Gasteiger partial charge in [0.1, 0.15) is 17.4 Å². The number of nitrogens with zero attached hydrogens (tertiary/aromatic N) is 1. The average molecular weight is 411 g/mol. The second-order valence-electron chi connectivity index (χ2n) is 8.74. The van der Waals surface area contributed by atoms with E-state index in [0.717, 1.165) is 41.7 Å². The summed E-state index contributed by atoms with van der Waals surface area (Å²) in [6.45, 7) is 9.71. The Labute approximate surface area is 176 Å². The molecule has 4 nitrogen and oxygen atoms in total. The highest BCUT2D eigenvalue weighted by atomic mass is 32.1. The summed E-state index contributed by atoms with van der Waals surface area (Å²) in [7, 11) is 0. The molecular formula is C24H32N3OS+. The van der Waals surface area contributed by atoms with Gasteiger partial charge in [-0.15, -0.1) is 11.3 Å². The highest BCUT2D eigenvalue weighted by molar-refractivity contribution is 7.18. The summed E-state index contributed by atoms with van der Waals surface area (Å²) < 4.78 is 0. The Hall–Kier alpha value is -1.98. The fraction of sp³-hybridized carbons (Fsp3) is 0.500. The summed E-state index contributed by atoms with van der Waals surface area (Å²) in [5, 5.41) is 3.15. The molecule has 3 aromatic rings. The van der Waals surface area contributed by atoms with Crippen molar-refractivity contribution in [3.8, 4) is 0 Å². The standard InChI is InChI=1S/C24H31N3OS/c1-5-15(4)16-9-11-17(12-10-16)22(14(2)3)25-13-20-26-23(28)21-18-7-6-8-19(18)29-24(21)27-20/h9-12,14-15,22,25H,5-8,13H2,1-4H3,(H,26,27,28)/p+1/t15-,22-/m1/s1. The molecule has 1 aromatic carbocycles. The maximum absolute atomic E-state index is 12.7. The second-order valence-corrected chi connectivity index (χ2v) is 9.82. The van der Waals surface area contributed by atoms with Gasteiger partial charge in [-0.05, 0) is 42.7 Å². The molecule has 2 atom stereocenters. The molecule has 5 heteroatoms. The third-order valence-corrected chi connectivity index (χ3v) is 7.60. The first kappa shape index (κ1) is 20.3. The van der Waals surface area contributed by atoms with E-state index in [1.54, 1.807) is 11.3 Å². The molecule has 2 heterocycles. The quantitative estimate of drug-likeness (QED) is 0.604. The van der Waals surface area contributed by atoms with Gasteiger partial charge in [0.05, 0.1) is 5.39 Å². The summed E-state index contributed by atoms with van der Waals surface area (Å²) in [5.74, 6) is 1.87. The van der Waals surface area contributed by atoms with Crippen LogP contribution >= 0.6 is 11.3 Å². The summed E-state index contributed by atoms with van der Waals surface area (Å²) in [5.41, 5.74) is 4.03. The first-order valence-electron chi connectivity index (χ1n) is 10.9. The van der Waals surface area contributed by atoms with Gasteiger partial charge in [-0.2, -0.15) is 0 Å². The lowest BCUT2D eigenvalue weighted by atomic mass is 9.92. The van der Waals surface area contributed by atoms with Crippen LogP contribution in [-0.4, -0.2) is 9.97 Å². The number of quaternary nitrogens is 1.